The van der Waals surface area contributed by atoms with Gasteiger partial charge in [0.2, 0.25) is 0 Å². The van der Waals surface area contributed by atoms with Crippen LogP contribution in [0.5, 0.6) is 5.75 Å². The Balaban J connectivity index is 1.82. The number of carbonyl (C=O) groups is 1. The van der Waals surface area contributed by atoms with Crippen LogP contribution in [-0.4, -0.2) is 23.7 Å². The minimum atomic E-state index is -0.479. The first-order chi connectivity index (χ1) is 12.5. The fraction of sp³-hybridized carbons (Fsp3) is 0.222. The van der Waals surface area contributed by atoms with E-state index in [2.05, 4.69) is 33.4 Å². The van der Waals surface area contributed by atoms with Gasteiger partial charge in [0.1, 0.15) is 5.75 Å². The van der Waals surface area contributed by atoms with Gasteiger partial charge in [0, 0.05) is 12.1 Å². The fourth-order valence-electron chi connectivity index (χ4n) is 2.14. The second-order valence-electron chi connectivity index (χ2n) is 5.45. The minimum absolute atomic E-state index is 0.00452. The van der Waals surface area contributed by atoms with Crippen LogP contribution in [0.15, 0.2) is 52.0 Å². The van der Waals surface area contributed by atoms with Crippen LogP contribution >= 0.6 is 15.9 Å². The molecule has 0 spiro atoms. The SMILES string of the molecule is CCCc1ccc(OCC(=O)N/N=C/c2ccc([N+](=O)[O-])cc2)c(Br)c1. The molecule has 0 aromatic heterocycles. The van der Waals surface area contributed by atoms with Gasteiger partial charge in [-0.25, -0.2) is 5.43 Å². The molecule has 2 aromatic rings. The molecule has 0 fully saturated rings. The average Bonchev–Trinajstić information content (AvgIpc) is 2.62. The van der Waals surface area contributed by atoms with Crippen LogP contribution in [-0.2, 0) is 11.2 Å². The van der Waals surface area contributed by atoms with E-state index in [0.717, 1.165) is 17.3 Å². The summed E-state index contributed by atoms with van der Waals surface area (Å²) in [5.41, 5.74) is 4.17. The highest BCUT2D eigenvalue weighted by molar-refractivity contribution is 9.10. The number of carbonyl (C=O) groups excluding carboxylic acids is 1. The Morgan fingerprint density at radius 2 is 2.04 bits per heavy atom. The van der Waals surface area contributed by atoms with Crippen molar-refractivity contribution in [2.75, 3.05) is 6.61 Å². The van der Waals surface area contributed by atoms with E-state index >= 15 is 0 Å². The topological polar surface area (TPSA) is 93.8 Å². The number of nitrogens with one attached hydrogen (secondary N) is 1. The third-order valence-electron chi connectivity index (χ3n) is 3.40. The highest BCUT2D eigenvalue weighted by Gasteiger charge is 2.06. The molecule has 2 aromatic carbocycles. The lowest BCUT2D eigenvalue weighted by atomic mass is 10.1. The van der Waals surface area contributed by atoms with E-state index < -0.39 is 10.8 Å². The summed E-state index contributed by atoms with van der Waals surface area (Å²) in [5.74, 6) is 0.173. The van der Waals surface area contributed by atoms with Gasteiger partial charge < -0.3 is 4.74 Å². The molecule has 0 radical (unpaired) electrons. The number of halogens is 1. The summed E-state index contributed by atoms with van der Waals surface area (Å²) in [6.07, 6.45) is 3.44. The maximum Gasteiger partial charge on any atom is 0.277 e. The largest absolute Gasteiger partial charge is 0.483 e. The number of hydrogen-bond donors (Lipinski definition) is 1. The van der Waals surface area contributed by atoms with Crippen molar-refractivity contribution < 1.29 is 14.5 Å². The molecule has 0 aliphatic rings. The van der Waals surface area contributed by atoms with Gasteiger partial charge in [0.15, 0.2) is 6.61 Å². The first-order valence-corrected chi connectivity index (χ1v) is 8.76. The number of nitro benzene ring substituents is 1. The van der Waals surface area contributed by atoms with Crippen molar-refractivity contribution in [2.24, 2.45) is 5.10 Å². The van der Waals surface area contributed by atoms with Crippen LogP contribution in [0.2, 0.25) is 0 Å². The Hall–Kier alpha value is -2.74. The van der Waals surface area contributed by atoms with Crippen molar-refractivity contribution in [2.45, 2.75) is 19.8 Å². The molecule has 0 saturated heterocycles. The van der Waals surface area contributed by atoms with Crippen LogP contribution in [0, 0.1) is 10.1 Å². The van der Waals surface area contributed by atoms with Gasteiger partial charge in [-0.2, -0.15) is 5.10 Å². The smallest absolute Gasteiger partial charge is 0.277 e. The third-order valence-corrected chi connectivity index (χ3v) is 4.02. The number of non-ortho nitro benzene ring substituents is 1. The van der Waals surface area contributed by atoms with Crippen molar-refractivity contribution in [1.29, 1.82) is 0 Å². The number of ether oxygens (including phenoxy) is 1. The van der Waals surface area contributed by atoms with Gasteiger partial charge >= 0.3 is 0 Å². The zero-order valence-electron chi connectivity index (χ0n) is 14.1. The van der Waals surface area contributed by atoms with E-state index in [1.165, 1.54) is 23.9 Å². The van der Waals surface area contributed by atoms with Gasteiger partial charge in [-0.3, -0.25) is 14.9 Å². The highest BCUT2D eigenvalue weighted by atomic mass is 79.9. The number of rotatable bonds is 8. The first-order valence-electron chi connectivity index (χ1n) is 7.97. The monoisotopic (exact) mass is 419 g/mol. The standard InChI is InChI=1S/C18H18BrN3O4/c1-2-3-13-6-9-17(16(19)10-13)26-12-18(23)21-20-11-14-4-7-15(8-5-14)22(24)25/h4-11H,2-3,12H2,1H3,(H,21,23)/b20-11+. The predicted octanol–water partition coefficient (Wildman–Crippen LogP) is 3.84. The van der Waals surface area contributed by atoms with E-state index in [-0.39, 0.29) is 12.3 Å². The molecule has 2 rings (SSSR count). The lowest BCUT2D eigenvalue weighted by molar-refractivity contribution is -0.384. The Labute approximate surface area is 159 Å². The molecule has 0 bridgehead atoms. The van der Waals surface area contributed by atoms with Crippen molar-refractivity contribution in [1.82, 2.24) is 5.43 Å². The summed E-state index contributed by atoms with van der Waals surface area (Å²) < 4.78 is 6.27. The van der Waals surface area contributed by atoms with Gasteiger partial charge in [0.25, 0.3) is 11.6 Å². The molecule has 1 N–H and O–H groups in total. The molecule has 26 heavy (non-hydrogen) atoms. The Morgan fingerprint density at radius 3 is 2.65 bits per heavy atom. The predicted molar refractivity (Wildman–Crippen MR) is 102 cm³/mol. The second kappa shape index (κ2) is 9.67. The summed E-state index contributed by atoms with van der Waals surface area (Å²) in [6, 6.07) is 11.6. The quantitative estimate of drug-likeness (QED) is 0.399. The van der Waals surface area contributed by atoms with Gasteiger partial charge in [-0.1, -0.05) is 19.4 Å². The van der Waals surface area contributed by atoms with Crippen LogP contribution in [0.25, 0.3) is 0 Å². The van der Waals surface area contributed by atoms with Crippen LogP contribution in [0.1, 0.15) is 24.5 Å². The zero-order chi connectivity index (χ0) is 18.9. The van der Waals surface area contributed by atoms with E-state index in [4.69, 9.17) is 4.74 Å². The fourth-order valence-corrected chi connectivity index (χ4v) is 2.68. The minimum Gasteiger partial charge on any atom is -0.483 e. The summed E-state index contributed by atoms with van der Waals surface area (Å²) in [5, 5.41) is 14.4. The van der Waals surface area contributed by atoms with E-state index in [1.54, 1.807) is 12.1 Å². The summed E-state index contributed by atoms with van der Waals surface area (Å²) >= 11 is 3.43. The van der Waals surface area contributed by atoms with Crippen LogP contribution in [0.4, 0.5) is 5.69 Å². The number of benzene rings is 2. The number of hydrogen-bond acceptors (Lipinski definition) is 5. The second-order valence-corrected chi connectivity index (χ2v) is 6.30. The number of nitrogens with zero attached hydrogens (tertiary/aromatic N) is 2. The summed E-state index contributed by atoms with van der Waals surface area (Å²) in [4.78, 5) is 21.9. The first kappa shape index (κ1) is 19.6. The van der Waals surface area contributed by atoms with Crippen LogP contribution < -0.4 is 10.2 Å². The maximum absolute atomic E-state index is 11.8. The molecule has 0 saturated carbocycles. The Morgan fingerprint density at radius 1 is 1.31 bits per heavy atom. The molecule has 0 heterocycles. The van der Waals surface area contributed by atoms with Crippen LogP contribution in [0.3, 0.4) is 0 Å². The number of nitro groups is 1. The maximum atomic E-state index is 11.8. The Kier molecular flexibility index (Phi) is 7.28. The molecule has 0 atom stereocenters. The molecule has 0 aliphatic heterocycles. The van der Waals surface area contributed by atoms with E-state index in [1.807, 2.05) is 18.2 Å². The van der Waals surface area contributed by atoms with Crippen molar-refractivity contribution in [3.8, 4) is 5.75 Å². The molecular weight excluding hydrogens is 402 g/mol. The summed E-state index contributed by atoms with van der Waals surface area (Å²) in [6.45, 7) is 1.93. The molecule has 8 heteroatoms. The normalized spacial score (nSPS) is 10.7. The number of aryl methyl sites for hydroxylation is 1. The lowest BCUT2D eigenvalue weighted by Crippen LogP contribution is -2.24. The molecule has 0 aliphatic carbocycles. The highest BCUT2D eigenvalue weighted by Crippen LogP contribution is 2.26. The molecule has 136 valence electrons. The van der Waals surface area contributed by atoms with Crippen molar-refractivity contribution >= 4 is 33.7 Å². The summed E-state index contributed by atoms with van der Waals surface area (Å²) in [7, 11) is 0. The van der Waals surface area contributed by atoms with E-state index in [0.29, 0.717) is 11.3 Å². The van der Waals surface area contributed by atoms with Gasteiger partial charge in [-0.15, -0.1) is 0 Å². The zero-order valence-corrected chi connectivity index (χ0v) is 15.7. The molecule has 0 unspecified atom stereocenters. The number of amides is 1. The molecular formula is C18H18BrN3O4. The van der Waals surface area contributed by atoms with Crippen molar-refractivity contribution in [3.63, 3.8) is 0 Å². The molecule has 1 amide bonds. The molecule has 7 nitrogen and oxygen atoms in total. The Bertz CT molecular complexity index is 807. The van der Waals surface area contributed by atoms with Gasteiger partial charge in [-0.05, 0) is 57.7 Å². The van der Waals surface area contributed by atoms with Crippen molar-refractivity contribution in [3.05, 3.63) is 68.2 Å². The van der Waals surface area contributed by atoms with E-state index in [9.17, 15) is 14.9 Å². The average molecular weight is 420 g/mol. The number of hydrazone groups is 1. The van der Waals surface area contributed by atoms with Gasteiger partial charge in [0.05, 0.1) is 15.6 Å². The third kappa shape index (κ3) is 5.96. The lowest BCUT2D eigenvalue weighted by Gasteiger charge is -2.08.